The molecule has 0 amide bonds. The third-order valence-corrected chi connectivity index (χ3v) is 4.74. The number of hydrogen-bond acceptors (Lipinski definition) is 5. The Balaban J connectivity index is 1.89. The quantitative estimate of drug-likeness (QED) is 0.416. The van der Waals surface area contributed by atoms with E-state index in [2.05, 4.69) is 4.99 Å². The summed E-state index contributed by atoms with van der Waals surface area (Å²) in [5, 5.41) is 11.6. The number of halogens is 1. The summed E-state index contributed by atoms with van der Waals surface area (Å²) in [6, 6.07) is 13.1. The van der Waals surface area contributed by atoms with Crippen LogP contribution in [0.25, 0.3) is 0 Å². The van der Waals surface area contributed by atoms with Gasteiger partial charge in [-0.2, -0.15) is 0 Å². The number of benzene rings is 2. The maximum atomic E-state index is 12.9. The van der Waals surface area contributed by atoms with Gasteiger partial charge >= 0.3 is 0 Å². The summed E-state index contributed by atoms with van der Waals surface area (Å²) in [6.07, 6.45) is 3.97. The van der Waals surface area contributed by atoms with Gasteiger partial charge in [-0.25, -0.2) is 0 Å². The number of Topliss-reactive ketones (excluding diaryl/α,β-unsaturated/α-hetero) is 1. The van der Waals surface area contributed by atoms with Crippen molar-refractivity contribution in [2.75, 3.05) is 18.0 Å². The molecule has 1 aliphatic rings. The van der Waals surface area contributed by atoms with E-state index in [-0.39, 0.29) is 18.0 Å². The normalized spacial score (nSPS) is 14.2. The van der Waals surface area contributed by atoms with Crippen LogP contribution in [0.4, 0.5) is 11.4 Å². The predicted molar refractivity (Wildman–Crippen MR) is 107 cm³/mol. The molecule has 0 atom stereocenters. The van der Waals surface area contributed by atoms with Crippen molar-refractivity contribution in [1.82, 2.24) is 0 Å². The Bertz CT molecular complexity index is 865. The van der Waals surface area contributed by atoms with Gasteiger partial charge in [0.15, 0.2) is 5.78 Å². The Labute approximate surface area is 162 Å². The van der Waals surface area contributed by atoms with Gasteiger partial charge in [-0.3, -0.25) is 19.9 Å². The zero-order chi connectivity index (χ0) is 19.2. The molecule has 0 spiro atoms. The highest BCUT2D eigenvalue weighted by atomic mass is 35.5. The average Bonchev–Trinajstić information content (AvgIpc) is 2.96. The Morgan fingerprint density at radius 3 is 2.67 bits per heavy atom. The fourth-order valence-corrected chi connectivity index (χ4v) is 3.19. The van der Waals surface area contributed by atoms with E-state index >= 15 is 0 Å². The fourth-order valence-electron chi connectivity index (χ4n) is 3.06. The Morgan fingerprint density at radius 2 is 1.93 bits per heavy atom. The van der Waals surface area contributed by atoms with E-state index in [9.17, 15) is 14.9 Å². The van der Waals surface area contributed by atoms with E-state index < -0.39 is 4.92 Å². The molecular formula is C20H20ClN3O3. The molecule has 140 valence electrons. The molecule has 0 aliphatic carbocycles. The number of nitro groups is 1. The van der Waals surface area contributed by atoms with E-state index in [1.807, 2.05) is 17.0 Å². The zero-order valence-electron chi connectivity index (χ0n) is 14.8. The second kappa shape index (κ2) is 8.77. The monoisotopic (exact) mass is 385 g/mol. The lowest BCUT2D eigenvalue weighted by atomic mass is 10.1. The van der Waals surface area contributed by atoms with Crippen molar-refractivity contribution in [1.29, 1.82) is 0 Å². The molecule has 0 fully saturated rings. The van der Waals surface area contributed by atoms with Gasteiger partial charge in [0, 0.05) is 41.4 Å². The molecular weight excluding hydrogens is 366 g/mol. The molecule has 0 aromatic heterocycles. The topological polar surface area (TPSA) is 75.8 Å². The molecule has 0 unspecified atom stereocenters. The van der Waals surface area contributed by atoms with Gasteiger partial charge in [0.1, 0.15) is 5.84 Å². The summed E-state index contributed by atoms with van der Waals surface area (Å²) >= 11 is 6.00. The predicted octanol–water partition coefficient (Wildman–Crippen LogP) is 4.91. The number of ketones is 1. The first-order valence-corrected chi connectivity index (χ1v) is 9.26. The Hall–Kier alpha value is -2.73. The molecule has 0 N–H and O–H groups in total. The van der Waals surface area contributed by atoms with Gasteiger partial charge in [-0.15, -0.1) is 0 Å². The number of nitro benzene ring substituents is 1. The fraction of sp³-hybridized carbons (Fsp3) is 0.300. The molecule has 1 heterocycles. The summed E-state index contributed by atoms with van der Waals surface area (Å²) in [6.45, 7) is 0.812. The molecule has 0 radical (unpaired) electrons. The maximum absolute atomic E-state index is 12.9. The molecule has 7 heteroatoms. The third-order valence-electron chi connectivity index (χ3n) is 4.48. The zero-order valence-corrected chi connectivity index (χ0v) is 15.6. The van der Waals surface area contributed by atoms with E-state index in [4.69, 9.17) is 11.6 Å². The number of aliphatic imine (C=N–C) groups is 1. The van der Waals surface area contributed by atoms with Crippen LogP contribution < -0.4 is 4.90 Å². The number of carbonyl (C=O) groups is 1. The Kier molecular flexibility index (Phi) is 6.19. The molecule has 0 bridgehead atoms. The van der Waals surface area contributed by atoms with Crippen LogP contribution in [0.5, 0.6) is 0 Å². The summed E-state index contributed by atoms with van der Waals surface area (Å²) < 4.78 is 0. The molecule has 3 rings (SSSR count). The highest BCUT2D eigenvalue weighted by molar-refractivity contribution is 6.30. The second-order valence-corrected chi connectivity index (χ2v) is 6.84. The van der Waals surface area contributed by atoms with E-state index in [0.29, 0.717) is 10.6 Å². The summed E-state index contributed by atoms with van der Waals surface area (Å²) in [7, 11) is 0. The molecule has 2 aromatic carbocycles. The SMILES string of the molecule is O=C(CN(C1=NCCCCC1)c1ccc(Cl)cc1)c1cccc([N+](=O)[O-])c1. The highest BCUT2D eigenvalue weighted by Gasteiger charge is 2.20. The van der Waals surface area contributed by atoms with Crippen LogP contribution in [0, 0.1) is 10.1 Å². The van der Waals surface area contributed by atoms with Crippen molar-refractivity contribution in [3.8, 4) is 0 Å². The standard InChI is InChI=1S/C20H20ClN3O3/c21-16-8-10-17(11-9-16)23(20-7-2-1-3-12-22-20)14-19(25)15-5-4-6-18(13-15)24(26)27/h4-6,8-11,13H,1-3,7,12,14H2. The van der Waals surface area contributed by atoms with E-state index in [1.54, 1.807) is 18.2 Å². The smallest absolute Gasteiger partial charge is 0.270 e. The largest absolute Gasteiger partial charge is 0.322 e. The number of rotatable bonds is 5. The summed E-state index contributed by atoms with van der Waals surface area (Å²) in [4.78, 5) is 29.9. The van der Waals surface area contributed by atoms with Crippen molar-refractivity contribution in [2.45, 2.75) is 25.7 Å². The van der Waals surface area contributed by atoms with Gasteiger partial charge in [-0.05, 0) is 37.1 Å². The lowest BCUT2D eigenvalue weighted by Crippen LogP contribution is -2.36. The molecule has 0 saturated carbocycles. The van der Waals surface area contributed by atoms with Gasteiger partial charge in [0.2, 0.25) is 0 Å². The molecule has 2 aromatic rings. The molecule has 1 aliphatic heterocycles. The summed E-state index contributed by atoms with van der Waals surface area (Å²) in [5.74, 6) is 0.675. The number of nitrogens with zero attached hydrogens (tertiary/aromatic N) is 3. The van der Waals surface area contributed by atoms with Crippen molar-refractivity contribution in [2.24, 2.45) is 4.99 Å². The van der Waals surface area contributed by atoms with Gasteiger partial charge < -0.3 is 4.90 Å². The Morgan fingerprint density at radius 1 is 1.15 bits per heavy atom. The number of amidine groups is 1. The minimum Gasteiger partial charge on any atom is -0.322 e. The summed E-state index contributed by atoms with van der Waals surface area (Å²) in [5.41, 5.74) is 1.06. The number of anilines is 1. The number of non-ortho nitro benzene ring substituents is 1. The van der Waals surface area contributed by atoms with Crippen molar-refractivity contribution >= 4 is 34.6 Å². The van der Waals surface area contributed by atoms with Gasteiger partial charge in [0.05, 0.1) is 11.5 Å². The van der Waals surface area contributed by atoms with Crippen LogP contribution in [0.3, 0.4) is 0 Å². The van der Waals surface area contributed by atoms with E-state index in [1.165, 1.54) is 18.2 Å². The van der Waals surface area contributed by atoms with Crippen LogP contribution >= 0.6 is 11.6 Å². The van der Waals surface area contributed by atoms with Crippen molar-refractivity contribution < 1.29 is 9.72 Å². The first-order chi connectivity index (χ1) is 13.0. The van der Waals surface area contributed by atoms with E-state index in [0.717, 1.165) is 43.8 Å². The van der Waals surface area contributed by atoms with Crippen LogP contribution in [0.2, 0.25) is 5.02 Å². The number of carbonyl (C=O) groups excluding carboxylic acids is 1. The second-order valence-electron chi connectivity index (χ2n) is 6.40. The number of hydrogen-bond donors (Lipinski definition) is 0. The maximum Gasteiger partial charge on any atom is 0.270 e. The molecule has 6 nitrogen and oxygen atoms in total. The molecule has 0 saturated heterocycles. The minimum atomic E-state index is -0.497. The van der Waals surface area contributed by atoms with Crippen LogP contribution in [0.15, 0.2) is 53.5 Å². The average molecular weight is 386 g/mol. The first-order valence-electron chi connectivity index (χ1n) is 8.88. The lowest BCUT2D eigenvalue weighted by molar-refractivity contribution is -0.384. The minimum absolute atomic E-state index is 0.0711. The lowest BCUT2D eigenvalue weighted by Gasteiger charge is -2.25. The highest BCUT2D eigenvalue weighted by Crippen LogP contribution is 2.23. The third kappa shape index (κ3) is 4.92. The van der Waals surface area contributed by atoms with Crippen molar-refractivity contribution in [3.63, 3.8) is 0 Å². The van der Waals surface area contributed by atoms with Gasteiger partial charge in [0.25, 0.3) is 5.69 Å². The van der Waals surface area contributed by atoms with Crippen molar-refractivity contribution in [3.05, 3.63) is 69.2 Å². The van der Waals surface area contributed by atoms with Gasteiger partial charge in [-0.1, -0.05) is 30.2 Å². The first kappa shape index (κ1) is 19.0. The van der Waals surface area contributed by atoms with Crippen LogP contribution in [-0.4, -0.2) is 29.6 Å². The van der Waals surface area contributed by atoms with Crippen LogP contribution in [0.1, 0.15) is 36.0 Å². The van der Waals surface area contributed by atoms with Crippen LogP contribution in [-0.2, 0) is 0 Å². The molecule has 27 heavy (non-hydrogen) atoms.